The van der Waals surface area contributed by atoms with Crippen molar-refractivity contribution in [2.24, 2.45) is 0 Å². The van der Waals surface area contributed by atoms with Gasteiger partial charge < -0.3 is 9.47 Å². The Balaban J connectivity index is 1.44. The van der Waals surface area contributed by atoms with Gasteiger partial charge in [-0.3, -0.25) is 9.80 Å². The molecule has 0 aliphatic carbocycles. The van der Waals surface area contributed by atoms with E-state index < -0.39 is 5.60 Å². The van der Waals surface area contributed by atoms with Crippen LogP contribution in [-0.4, -0.2) is 53.2 Å². The number of ether oxygens (including phenoxy) is 2. The van der Waals surface area contributed by atoms with Gasteiger partial charge >= 0.3 is 5.97 Å². The zero-order chi connectivity index (χ0) is 27.2. The van der Waals surface area contributed by atoms with Crippen molar-refractivity contribution in [2.75, 3.05) is 19.7 Å². The number of benzene rings is 2. The van der Waals surface area contributed by atoms with Crippen molar-refractivity contribution in [2.45, 2.75) is 84.8 Å². The maximum atomic E-state index is 12.7. The normalized spacial score (nSPS) is 15.6. The lowest BCUT2D eigenvalue weighted by Gasteiger charge is -2.26. The zero-order valence-electron chi connectivity index (χ0n) is 23.5. The lowest BCUT2D eigenvalue weighted by molar-refractivity contribution is -0.158. The Hall–Kier alpha value is -2.90. The summed E-state index contributed by atoms with van der Waals surface area (Å²) in [4.78, 5) is 24.7. The van der Waals surface area contributed by atoms with Crippen LogP contribution in [-0.2, 0) is 32.6 Å². The molecule has 0 aromatic heterocycles. The Kier molecular flexibility index (Phi) is 9.37. The van der Waals surface area contributed by atoms with Crippen LogP contribution in [0.5, 0.6) is 5.75 Å². The number of carbonyl (C=O) groups is 2. The summed E-state index contributed by atoms with van der Waals surface area (Å²) in [6.07, 6.45) is 2.59. The van der Waals surface area contributed by atoms with Crippen molar-refractivity contribution >= 4 is 11.9 Å². The largest absolute Gasteiger partial charge is 0.476 e. The maximum Gasteiger partial charge on any atom is 0.349 e. The molecule has 1 aliphatic heterocycles. The van der Waals surface area contributed by atoms with E-state index in [0.29, 0.717) is 18.9 Å². The number of rotatable bonds is 11. The number of nitrogens with zero attached hydrogens (tertiary/aromatic N) is 2. The van der Waals surface area contributed by atoms with Crippen LogP contribution in [0.15, 0.2) is 48.5 Å². The summed E-state index contributed by atoms with van der Waals surface area (Å²) in [6, 6.07) is 16.6. The molecule has 1 saturated heterocycles. The molecule has 0 radical (unpaired) electrons. The standard InChI is InChI=1S/C30H43N3O4/c1-8-36-28(35)30(6,7)37-26-17-13-23(14-18-26)10-9-19-32-21-27(34)33(31-32)22(2)20-24-11-15-25(16-12-24)29(3,4)5/h11-18,22,31H,8-10,19-21H2,1-7H3. The van der Waals surface area contributed by atoms with Crippen molar-refractivity contribution in [1.82, 2.24) is 15.6 Å². The van der Waals surface area contributed by atoms with E-state index in [4.69, 9.17) is 9.47 Å². The molecule has 0 saturated carbocycles. The van der Waals surface area contributed by atoms with Crippen LogP contribution in [0.4, 0.5) is 0 Å². The quantitative estimate of drug-likeness (QED) is 0.438. The molecule has 1 amide bonds. The van der Waals surface area contributed by atoms with E-state index in [1.54, 1.807) is 25.8 Å². The number of aryl methyl sites for hydroxylation is 1. The minimum atomic E-state index is -1.04. The van der Waals surface area contributed by atoms with Crippen molar-refractivity contribution in [3.05, 3.63) is 65.2 Å². The summed E-state index contributed by atoms with van der Waals surface area (Å²) in [5, 5.41) is 3.75. The van der Waals surface area contributed by atoms with Gasteiger partial charge in [0.25, 0.3) is 5.91 Å². The van der Waals surface area contributed by atoms with E-state index in [1.807, 2.05) is 29.3 Å². The van der Waals surface area contributed by atoms with Gasteiger partial charge in [-0.2, -0.15) is 5.53 Å². The second kappa shape index (κ2) is 12.1. The van der Waals surface area contributed by atoms with E-state index in [2.05, 4.69) is 57.5 Å². The van der Waals surface area contributed by atoms with Gasteiger partial charge in [-0.1, -0.05) is 57.2 Å². The lowest BCUT2D eigenvalue weighted by Crippen LogP contribution is -2.46. The summed E-state index contributed by atoms with van der Waals surface area (Å²) in [5.41, 5.74) is 6.11. The van der Waals surface area contributed by atoms with Crippen molar-refractivity contribution in [1.29, 1.82) is 0 Å². The fraction of sp³-hybridized carbons (Fsp3) is 0.533. The molecule has 1 fully saturated rings. The molecule has 1 atom stereocenters. The summed E-state index contributed by atoms with van der Waals surface area (Å²) >= 11 is 0. The minimum Gasteiger partial charge on any atom is -0.476 e. The van der Waals surface area contributed by atoms with E-state index >= 15 is 0 Å². The van der Waals surface area contributed by atoms with Gasteiger partial charge in [-0.05, 0) is 81.2 Å². The van der Waals surface area contributed by atoms with Gasteiger partial charge in [0.15, 0.2) is 5.60 Å². The molecule has 1 aliphatic rings. The molecule has 2 aromatic carbocycles. The summed E-state index contributed by atoms with van der Waals surface area (Å²) < 4.78 is 10.9. The molecule has 0 spiro atoms. The van der Waals surface area contributed by atoms with Gasteiger partial charge in [-0.15, -0.1) is 0 Å². The lowest BCUT2D eigenvalue weighted by atomic mass is 9.86. The van der Waals surface area contributed by atoms with Gasteiger partial charge in [0.1, 0.15) is 5.75 Å². The van der Waals surface area contributed by atoms with Crippen LogP contribution in [0.3, 0.4) is 0 Å². The minimum absolute atomic E-state index is 0.0596. The van der Waals surface area contributed by atoms with Gasteiger partial charge in [0.2, 0.25) is 0 Å². The van der Waals surface area contributed by atoms with Gasteiger partial charge in [0.05, 0.1) is 19.2 Å². The molecular formula is C30H43N3O4. The predicted molar refractivity (Wildman–Crippen MR) is 146 cm³/mol. The highest BCUT2D eigenvalue weighted by Crippen LogP contribution is 2.23. The number of hydrazine groups is 2. The third kappa shape index (κ3) is 8.04. The highest BCUT2D eigenvalue weighted by atomic mass is 16.6. The third-order valence-corrected chi connectivity index (χ3v) is 6.59. The van der Waals surface area contributed by atoms with Crippen LogP contribution in [0.25, 0.3) is 0 Å². The number of esters is 1. The molecule has 1 heterocycles. The molecule has 37 heavy (non-hydrogen) atoms. The monoisotopic (exact) mass is 509 g/mol. The first kappa shape index (κ1) is 28.7. The van der Waals surface area contributed by atoms with Gasteiger partial charge in [-0.25, -0.2) is 9.80 Å². The van der Waals surface area contributed by atoms with Crippen molar-refractivity contribution in [3.8, 4) is 5.75 Å². The molecule has 202 valence electrons. The number of amides is 1. The van der Waals surface area contributed by atoms with Crippen molar-refractivity contribution < 1.29 is 19.1 Å². The molecule has 0 bridgehead atoms. The van der Waals surface area contributed by atoms with E-state index in [9.17, 15) is 9.59 Å². The molecule has 3 rings (SSSR count). The molecule has 2 aromatic rings. The second-order valence-corrected chi connectivity index (χ2v) is 11.4. The zero-order valence-corrected chi connectivity index (χ0v) is 23.5. The van der Waals surface area contributed by atoms with Crippen molar-refractivity contribution in [3.63, 3.8) is 0 Å². The smallest absolute Gasteiger partial charge is 0.349 e. The van der Waals surface area contributed by atoms with Crippen LogP contribution in [0, 0.1) is 0 Å². The first-order chi connectivity index (χ1) is 17.4. The van der Waals surface area contributed by atoms with Gasteiger partial charge in [0, 0.05) is 6.54 Å². The van der Waals surface area contributed by atoms with Crippen LogP contribution in [0.2, 0.25) is 0 Å². The van der Waals surface area contributed by atoms with Crippen LogP contribution >= 0.6 is 0 Å². The number of carbonyl (C=O) groups excluding carboxylic acids is 2. The molecule has 1 N–H and O–H groups in total. The molecule has 7 nitrogen and oxygen atoms in total. The van der Waals surface area contributed by atoms with Crippen LogP contribution < -0.4 is 10.3 Å². The molecule has 1 unspecified atom stereocenters. The summed E-state index contributed by atoms with van der Waals surface area (Å²) in [6.45, 7) is 15.4. The third-order valence-electron chi connectivity index (χ3n) is 6.59. The number of hydrogen-bond acceptors (Lipinski definition) is 6. The van der Waals surface area contributed by atoms with E-state index in [-0.39, 0.29) is 23.3 Å². The van der Waals surface area contributed by atoms with E-state index in [1.165, 1.54) is 16.7 Å². The summed E-state index contributed by atoms with van der Waals surface area (Å²) in [7, 11) is 0. The SMILES string of the molecule is CCOC(=O)C(C)(C)Oc1ccc(CCCN2CC(=O)N(C(C)Cc3ccc(C(C)(C)C)cc3)N2)cc1. The highest BCUT2D eigenvalue weighted by molar-refractivity contribution is 5.79. The summed E-state index contributed by atoms with van der Waals surface area (Å²) in [5.74, 6) is 0.351. The highest BCUT2D eigenvalue weighted by Gasteiger charge is 2.32. The average Bonchev–Trinajstić information content (AvgIpc) is 3.20. The Bertz CT molecular complexity index is 1040. The predicted octanol–water partition coefficient (Wildman–Crippen LogP) is 4.83. The molecular weight excluding hydrogens is 466 g/mol. The van der Waals surface area contributed by atoms with E-state index in [0.717, 1.165) is 25.8 Å². The Morgan fingerprint density at radius 1 is 1.00 bits per heavy atom. The second-order valence-electron chi connectivity index (χ2n) is 11.4. The Morgan fingerprint density at radius 2 is 1.62 bits per heavy atom. The molecule has 7 heteroatoms. The average molecular weight is 510 g/mol. The number of hydrogen-bond donors (Lipinski definition) is 1. The fourth-order valence-electron chi connectivity index (χ4n) is 4.37. The first-order valence-corrected chi connectivity index (χ1v) is 13.3. The first-order valence-electron chi connectivity index (χ1n) is 13.3. The fourth-order valence-corrected chi connectivity index (χ4v) is 4.37. The topological polar surface area (TPSA) is 71.1 Å². The number of nitrogens with one attached hydrogen (secondary N) is 1. The Labute approximate surface area is 222 Å². The maximum absolute atomic E-state index is 12.7. The van der Waals surface area contributed by atoms with Crippen LogP contribution in [0.1, 0.15) is 71.6 Å². The Morgan fingerprint density at radius 3 is 2.22 bits per heavy atom.